The molecule has 0 bridgehead atoms. The summed E-state index contributed by atoms with van der Waals surface area (Å²) in [6.07, 6.45) is 0. The highest BCUT2D eigenvalue weighted by Gasteiger charge is 2.27. The van der Waals surface area contributed by atoms with Crippen molar-refractivity contribution in [3.05, 3.63) is 35.6 Å². The van der Waals surface area contributed by atoms with E-state index >= 15 is 0 Å². The van der Waals surface area contributed by atoms with Crippen molar-refractivity contribution in [3.8, 4) is 0 Å². The summed E-state index contributed by atoms with van der Waals surface area (Å²) in [5.41, 5.74) is 0.331. The number of carbonyl (C=O) groups is 2. The summed E-state index contributed by atoms with van der Waals surface area (Å²) in [5, 5.41) is 5.71. The minimum Gasteiger partial charge on any atom is -0.343 e. The van der Waals surface area contributed by atoms with Crippen molar-refractivity contribution in [2.24, 2.45) is 5.92 Å². The molecule has 122 valence electrons. The second-order valence-corrected chi connectivity index (χ2v) is 5.57. The molecule has 0 saturated carbocycles. The molecule has 0 fully saturated rings. The number of nitrogens with zero attached hydrogens (tertiary/aromatic N) is 1. The zero-order chi connectivity index (χ0) is 16.7. The second kappa shape index (κ2) is 8.48. The summed E-state index contributed by atoms with van der Waals surface area (Å²) in [5.74, 6) is -0.969. The molecule has 1 unspecified atom stereocenters. The highest BCUT2D eigenvalue weighted by molar-refractivity contribution is 5.97. The Bertz CT molecular complexity index is 503. The maximum atomic E-state index is 12.9. The van der Waals surface area contributed by atoms with Gasteiger partial charge < -0.3 is 15.5 Å². The molecule has 2 N–H and O–H groups in total. The third kappa shape index (κ3) is 5.11. The van der Waals surface area contributed by atoms with Crippen molar-refractivity contribution in [1.82, 2.24) is 15.5 Å². The van der Waals surface area contributed by atoms with E-state index in [1.54, 1.807) is 11.9 Å². The van der Waals surface area contributed by atoms with E-state index in [0.29, 0.717) is 18.7 Å². The van der Waals surface area contributed by atoms with Crippen molar-refractivity contribution in [2.75, 3.05) is 27.2 Å². The van der Waals surface area contributed by atoms with E-state index in [9.17, 15) is 14.0 Å². The highest BCUT2D eigenvalue weighted by atomic mass is 19.1. The summed E-state index contributed by atoms with van der Waals surface area (Å²) < 4.78 is 12.9. The number of hydrogen-bond donors (Lipinski definition) is 2. The normalized spacial score (nSPS) is 12.1. The lowest BCUT2D eigenvalue weighted by atomic mass is 10.0. The van der Waals surface area contributed by atoms with E-state index in [-0.39, 0.29) is 17.7 Å². The lowest BCUT2D eigenvalue weighted by Crippen LogP contribution is -2.51. The molecule has 6 heteroatoms. The second-order valence-electron chi connectivity index (χ2n) is 5.57. The van der Waals surface area contributed by atoms with Crippen molar-refractivity contribution in [3.63, 3.8) is 0 Å². The van der Waals surface area contributed by atoms with Gasteiger partial charge in [0.15, 0.2) is 0 Å². The van der Waals surface area contributed by atoms with Crippen LogP contribution in [0.25, 0.3) is 0 Å². The van der Waals surface area contributed by atoms with Crippen LogP contribution in [0.5, 0.6) is 0 Å². The van der Waals surface area contributed by atoms with Crippen LogP contribution in [0.15, 0.2) is 24.3 Å². The molecule has 1 rings (SSSR count). The summed E-state index contributed by atoms with van der Waals surface area (Å²) in [6, 6.07) is 4.63. The topological polar surface area (TPSA) is 61.4 Å². The first-order valence-corrected chi connectivity index (χ1v) is 7.32. The molecule has 0 saturated heterocycles. The van der Waals surface area contributed by atoms with Crippen LogP contribution in [-0.4, -0.2) is 49.9 Å². The number of likely N-dealkylation sites (N-methyl/N-ethyl adjacent to an activating group) is 2. The van der Waals surface area contributed by atoms with Crippen LogP contribution in [0.3, 0.4) is 0 Å². The number of nitrogens with one attached hydrogen (secondary N) is 2. The van der Waals surface area contributed by atoms with Crippen LogP contribution in [-0.2, 0) is 4.79 Å². The van der Waals surface area contributed by atoms with Crippen LogP contribution >= 0.6 is 0 Å². The zero-order valence-electron chi connectivity index (χ0n) is 13.5. The van der Waals surface area contributed by atoms with Crippen molar-refractivity contribution >= 4 is 11.8 Å². The monoisotopic (exact) mass is 309 g/mol. The Hall–Kier alpha value is -1.95. The fourth-order valence-electron chi connectivity index (χ4n) is 1.97. The van der Waals surface area contributed by atoms with Gasteiger partial charge in [-0.1, -0.05) is 13.8 Å². The molecule has 1 atom stereocenters. The summed E-state index contributed by atoms with van der Waals surface area (Å²) >= 11 is 0. The van der Waals surface area contributed by atoms with Crippen molar-refractivity contribution in [2.45, 2.75) is 19.9 Å². The van der Waals surface area contributed by atoms with Gasteiger partial charge in [0.2, 0.25) is 5.91 Å². The van der Waals surface area contributed by atoms with Gasteiger partial charge in [-0.05, 0) is 37.2 Å². The third-order valence-electron chi connectivity index (χ3n) is 3.40. The smallest absolute Gasteiger partial charge is 0.251 e. The van der Waals surface area contributed by atoms with E-state index in [4.69, 9.17) is 0 Å². The molecular formula is C16H24FN3O2. The number of halogens is 1. The van der Waals surface area contributed by atoms with Crippen LogP contribution in [0.2, 0.25) is 0 Å². The Kier molecular flexibility index (Phi) is 6.98. The molecule has 0 aliphatic carbocycles. The third-order valence-corrected chi connectivity index (χ3v) is 3.40. The molecule has 0 radical (unpaired) electrons. The van der Waals surface area contributed by atoms with E-state index in [2.05, 4.69) is 10.6 Å². The van der Waals surface area contributed by atoms with Gasteiger partial charge in [-0.3, -0.25) is 9.59 Å². The average molecular weight is 309 g/mol. The fraction of sp³-hybridized carbons (Fsp3) is 0.500. The Morgan fingerprint density at radius 3 is 2.32 bits per heavy atom. The molecule has 0 heterocycles. The van der Waals surface area contributed by atoms with E-state index in [0.717, 1.165) is 0 Å². The van der Waals surface area contributed by atoms with Gasteiger partial charge in [0.05, 0.1) is 0 Å². The van der Waals surface area contributed by atoms with Gasteiger partial charge in [-0.25, -0.2) is 4.39 Å². The maximum absolute atomic E-state index is 12.9. The summed E-state index contributed by atoms with van der Waals surface area (Å²) in [4.78, 5) is 26.2. The van der Waals surface area contributed by atoms with E-state index in [1.807, 2.05) is 20.9 Å². The van der Waals surface area contributed by atoms with Gasteiger partial charge >= 0.3 is 0 Å². The Balaban J connectivity index is 2.77. The molecular weight excluding hydrogens is 285 g/mol. The average Bonchev–Trinajstić information content (AvgIpc) is 2.49. The quantitative estimate of drug-likeness (QED) is 0.797. The van der Waals surface area contributed by atoms with Gasteiger partial charge in [0.25, 0.3) is 5.91 Å². The minimum atomic E-state index is -0.612. The largest absolute Gasteiger partial charge is 0.343 e. The molecule has 0 spiro atoms. The molecule has 5 nitrogen and oxygen atoms in total. The van der Waals surface area contributed by atoms with Crippen LogP contribution in [0.1, 0.15) is 24.2 Å². The predicted octanol–water partition coefficient (Wildman–Crippen LogP) is 1.26. The van der Waals surface area contributed by atoms with Crippen LogP contribution in [0, 0.1) is 11.7 Å². The molecule has 1 aromatic rings. The summed E-state index contributed by atoms with van der Waals surface area (Å²) in [7, 11) is 3.52. The SMILES string of the molecule is CNCCN(C)C(=O)C(NC(=O)c1ccc(F)cc1)C(C)C. The first-order valence-electron chi connectivity index (χ1n) is 7.32. The number of hydrogen-bond acceptors (Lipinski definition) is 3. The van der Waals surface area contributed by atoms with Gasteiger partial charge in [-0.2, -0.15) is 0 Å². The number of rotatable bonds is 7. The Morgan fingerprint density at radius 1 is 1.23 bits per heavy atom. The first kappa shape index (κ1) is 18.1. The Morgan fingerprint density at radius 2 is 1.82 bits per heavy atom. The molecule has 1 aromatic carbocycles. The fourth-order valence-corrected chi connectivity index (χ4v) is 1.97. The van der Waals surface area contributed by atoms with Crippen molar-refractivity contribution < 1.29 is 14.0 Å². The first-order chi connectivity index (χ1) is 10.4. The minimum absolute atomic E-state index is 0.0473. The van der Waals surface area contributed by atoms with E-state index in [1.165, 1.54) is 24.3 Å². The van der Waals surface area contributed by atoms with E-state index < -0.39 is 11.9 Å². The highest BCUT2D eigenvalue weighted by Crippen LogP contribution is 2.08. The van der Waals surface area contributed by atoms with Crippen LogP contribution in [0.4, 0.5) is 4.39 Å². The maximum Gasteiger partial charge on any atom is 0.251 e. The van der Waals surface area contributed by atoms with Gasteiger partial charge in [-0.15, -0.1) is 0 Å². The lowest BCUT2D eigenvalue weighted by Gasteiger charge is -2.27. The number of benzene rings is 1. The molecule has 0 aliphatic heterocycles. The van der Waals surface area contributed by atoms with Gasteiger partial charge in [0, 0.05) is 25.7 Å². The number of carbonyl (C=O) groups excluding carboxylic acids is 2. The lowest BCUT2D eigenvalue weighted by molar-refractivity contribution is -0.132. The standard InChI is InChI=1S/C16H24FN3O2/c1-11(2)14(16(22)20(4)10-9-18-3)19-15(21)12-5-7-13(17)8-6-12/h5-8,11,14,18H,9-10H2,1-4H3,(H,19,21). The molecule has 0 aliphatic rings. The molecule has 2 amide bonds. The van der Waals surface area contributed by atoms with Gasteiger partial charge in [0.1, 0.15) is 11.9 Å². The number of amides is 2. The molecule has 0 aromatic heterocycles. The molecule has 22 heavy (non-hydrogen) atoms. The van der Waals surface area contributed by atoms with Crippen molar-refractivity contribution in [1.29, 1.82) is 0 Å². The Labute approximate surface area is 130 Å². The summed E-state index contributed by atoms with van der Waals surface area (Å²) in [6.45, 7) is 4.99. The van der Waals surface area contributed by atoms with Crippen LogP contribution < -0.4 is 10.6 Å². The predicted molar refractivity (Wildman–Crippen MR) is 84.1 cm³/mol. The zero-order valence-corrected chi connectivity index (χ0v) is 13.5.